The van der Waals surface area contributed by atoms with Crippen LogP contribution in [0.5, 0.6) is 5.75 Å². The molecule has 2 atom stereocenters. The van der Waals surface area contributed by atoms with E-state index in [0.717, 1.165) is 34.7 Å². The highest BCUT2D eigenvalue weighted by Gasteiger charge is 2.44. The third-order valence-corrected chi connectivity index (χ3v) is 5.88. The molecule has 0 radical (unpaired) electrons. The Morgan fingerprint density at radius 2 is 1.88 bits per heavy atom. The number of fused-ring (bicyclic) bond motifs is 2. The summed E-state index contributed by atoms with van der Waals surface area (Å²) in [4.78, 5) is 2.85. The van der Waals surface area contributed by atoms with E-state index in [9.17, 15) is 0 Å². The number of anilines is 1. The number of ether oxygens (including phenoxy) is 1. The Hall–Kier alpha value is -1.33. The average Bonchev–Trinajstić information content (AvgIpc) is 3.39. The molecule has 0 spiro atoms. The smallest absolute Gasteiger partial charge is 0.170 e. The van der Waals surface area contributed by atoms with E-state index < -0.39 is 0 Å². The van der Waals surface area contributed by atoms with E-state index >= 15 is 0 Å². The van der Waals surface area contributed by atoms with Crippen LogP contribution in [0.3, 0.4) is 0 Å². The molecule has 5 heteroatoms. The minimum Gasteiger partial charge on any atom is -0.497 e. The second-order valence-electron chi connectivity index (χ2n) is 7.42. The number of piperidine rings is 2. The van der Waals surface area contributed by atoms with E-state index in [1.807, 2.05) is 24.3 Å². The summed E-state index contributed by atoms with van der Waals surface area (Å²) in [5, 5.41) is 7.60. The van der Waals surface area contributed by atoms with Crippen molar-refractivity contribution >= 4 is 23.0 Å². The number of nitrogens with zero attached hydrogens (tertiary/aromatic N) is 1. The monoisotopic (exact) mass is 345 g/mol. The molecule has 0 aromatic heterocycles. The van der Waals surface area contributed by atoms with Crippen LogP contribution < -0.4 is 15.4 Å². The van der Waals surface area contributed by atoms with Gasteiger partial charge in [0, 0.05) is 35.9 Å². The molecule has 24 heavy (non-hydrogen) atoms. The van der Waals surface area contributed by atoms with Gasteiger partial charge in [0.2, 0.25) is 0 Å². The molecule has 130 valence electrons. The van der Waals surface area contributed by atoms with Gasteiger partial charge in [0.05, 0.1) is 7.11 Å². The van der Waals surface area contributed by atoms with Crippen LogP contribution in [0, 0.1) is 0 Å². The van der Waals surface area contributed by atoms with Gasteiger partial charge in [0.15, 0.2) is 5.11 Å². The number of thiocarbonyl (C=S) groups is 1. The summed E-state index contributed by atoms with van der Waals surface area (Å²) in [5.41, 5.74) is 0.975. The van der Waals surface area contributed by atoms with Gasteiger partial charge in [-0.1, -0.05) is 12.5 Å². The summed E-state index contributed by atoms with van der Waals surface area (Å²) in [6, 6.07) is 10.8. The summed E-state index contributed by atoms with van der Waals surface area (Å²) in [5.74, 6) is 0.843. The van der Waals surface area contributed by atoms with Crippen LogP contribution in [0.15, 0.2) is 24.3 Å². The maximum absolute atomic E-state index is 5.54. The lowest BCUT2D eigenvalue weighted by Crippen LogP contribution is -2.57. The summed E-state index contributed by atoms with van der Waals surface area (Å²) in [6.07, 6.45) is 9.42. The van der Waals surface area contributed by atoms with E-state index in [2.05, 4.69) is 15.5 Å². The standard InChI is InChI=1S/C19H27N3OS/c1-23-18-7-2-4-13(12-18)20-19(24)21-14-10-16-5-3-6-17(11-14)22(16)15-8-9-15/h2,4,7,12,14-17H,3,5-6,8-11H2,1H3,(H2,20,21,24). The second-order valence-corrected chi connectivity index (χ2v) is 7.82. The summed E-state index contributed by atoms with van der Waals surface area (Å²) in [7, 11) is 1.68. The molecule has 2 saturated heterocycles. The van der Waals surface area contributed by atoms with Crippen molar-refractivity contribution in [1.82, 2.24) is 10.2 Å². The first kappa shape index (κ1) is 16.2. The van der Waals surface area contributed by atoms with Crippen LogP contribution in [-0.2, 0) is 0 Å². The summed E-state index contributed by atoms with van der Waals surface area (Å²) in [6.45, 7) is 0. The lowest BCUT2D eigenvalue weighted by molar-refractivity contribution is 0.0209. The number of rotatable bonds is 4. The van der Waals surface area contributed by atoms with Crippen LogP contribution in [0.25, 0.3) is 0 Å². The SMILES string of the molecule is COc1cccc(NC(=S)NC2CC3CCCC(C2)N3C2CC2)c1. The van der Waals surface area contributed by atoms with E-state index in [-0.39, 0.29) is 0 Å². The Morgan fingerprint density at radius 1 is 1.12 bits per heavy atom. The molecule has 2 bridgehead atoms. The van der Waals surface area contributed by atoms with Gasteiger partial charge in [0.1, 0.15) is 5.75 Å². The zero-order valence-corrected chi connectivity index (χ0v) is 15.1. The Morgan fingerprint density at radius 3 is 2.54 bits per heavy atom. The van der Waals surface area contributed by atoms with Gasteiger partial charge >= 0.3 is 0 Å². The van der Waals surface area contributed by atoms with Crippen molar-refractivity contribution in [3.63, 3.8) is 0 Å². The van der Waals surface area contributed by atoms with Gasteiger partial charge in [-0.15, -0.1) is 0 Å². The van der Waals surface area contributed by atoms with Crippen molar-refractivity contribution in [3.05, 3.63) is 24.3 Å². The van der Waals surface area contributed by atoms with Crippen LogP contribution in [-0.4, -0.2) is 41.3 Å². The first-order valence-corrected chi connectivity index (χ1v) is 9.63. The van der Waals surface area contributed by atoms with Crippen molar-refractivity contribution in [3.8, 4) is 5.75 Å². The van der Waals surface area contributed by atoms with Crippen LogP contribution >= 0.6 is 12.2 Å². The molecular formula is C19H27N3OS. The highest BCUT2D eigenvalue weighted by molar-refractivity contribution is 7.80. The number of hydrogen-bond acceptors (Lipinski definition) is 3. The molecule has 1 saturated carbocycles. The molecule has 1 aliphatic carbocycles. The molecule has 2 aliphatic heterocycles. The van der Waals surface area contributed by atoms with E-state index in [1.54, 1.807) is 7.11 Å². The van der Waals surface area contributed by atoms with Crippen molar-refractivity contribution in [2.45, 2.75) is 69.1 Å². The lowest BCUT2D eigenvalue weighted by atomic mass is 9.81. The molecule has 3 aliphatic rings. The third-order valence-electron chi connectivity index (χ3n) is 5.66. The van der Waals surface area contributed by atoms with Gasteiger partial charge in [0.25, 0.3) is 0 Å². The maximum atomic E-state index is 5.54. The maximum Gasteiger partial charge on any atom is 0.170 e. The Balaban J connectivity index is 1.34. The normalized spacial score (nSPS) is 29.8. The van der Waals surface area contributed by atoms with Crippen molar-refractivity contribution in [1.29, 1.82) is 0 Å². The molecule has 4 nitrogen and oxygen atoms in total. The van der Waals surface area contributed by atoms with Crippen LogP contribution in [0.1, 0.15) is 44.9 Å². The average molecular weight is 346 g/mol. The van der Waals surface area contributed by atoms with Gasteiger partial charge in [-0.25, -0.2) is 0 Å². The highest BCUT2D eigenvalue weighted by atomic mass is 32.1. The third kappa shape index (κ3) is 3.52. The zero-order valence-electron chi connectivity index (χ0n) is 14.3. The number of hydrogen-bond donors (Lipinski definition) is 2. The molecule has 2 heterocycles. The summed E-state index contributed by atoms with van der Waals surface area (Å²) < 4.78 is 5.27. The fraction of sp³-hybridized carbons (Fsp3) is 0.632. The zero-order chi connectivity index (χ0) is 16.5. The fourth-order valence-corrected chi connectivity index (χ4v) is 4.84. The van der Waals surface area contributed by atoms with E-state index in [0.29, 0.717) is 6.04 Å². The van der Waals surface area contributed by atoms with Gasteiger partial charge in [-0.3, -0.25) is 4.90 Å². The van der Waals surface area contributed by atoms with Crippen molar-refractivity contribution in [2.75, 3.05) is 12.4 Å². The molecule has 2 N–H and O–H groups in total. The fourth-order valence-electron chi connectivity index (χ4n) is 4.56. The topological polar surface area (TPSA) is 36.5 Å². The molecule has 3 fully saturated rings. The molecular weight excluding hydrogens is 318 g/mol. The summed E-state index contributed by atoms with van der Waals surface area (Å²) >= 11 is 5.54. The Labute approximate surface area is 149 Å². The number of benzene rings is 1. The second kappa shape index (κ2) is 6.89. The predicted octanol–water partition coefficient (Wildman–Crippen LogP) is 3.53. The quantitative estimate of drug-likeness (QED) is 0.817. The molecule has 1 aromatic rings. The Bertz CT molecular complexity index is 590. The van der Waals surface area contributed by atoms with Gasteiger partial charge in [-0.05, 0) is 62.9 Å². The lowest BCUT2D eigenvalue weighted by Gasteiger charge is -2.49. The minimum atomic E-state index is 0.501. The first-order chi connectivity index (χ1) is 11.7. The molecule has 4 rings (SSSR count). The Kier molecular flexibility index (Phi) is 4.63. The van der Waals surface area contributed by atoms with E-state index in [1.165, 1.54) is 44.9 Å². The van der Waals surface area contributed by atoms with Crippen LogP contribution in [0.2, 0.25) is 0 Å². The first-order valence-electron chi connectivity index (χ1n) is 9.22. The molecule has 1 aromatic carbocycles. The highest BCUT2D eigenvalue weighted by Crippen LogP contribution is 2.41. The number of methoxy groups -OCH3 is 1. The molecule has 0 amide bonds. The number of nitrogens with one attached hydrogen (secondary N) is 2. The van der Waals surface area contributed by atoms with E-state index in [4.69, 9.17) is 17.0 Å². The van der Waals surface area contributed by atoms with Gasteiger partial charge < -0.3 is 15.4 Å². The van der Waals surface area contributed by atoms with Gasteiger partial charge in [-0.2, -0.15) is 0 Å². The van der Waals surface area contributed by atoms with Crippen molar-refractivity contribution < 1.29 is 4.74 Å². The minimum absolute atomic E-state index is 0.501. The largest absolute Gasteiger partial charge is 0.497 e. The molecule has 2 unspecified atom stereocenters. The predicted molar refractivity (Wildman–Crippen MR) is 102 cm³/mol. The van der Waals surface area contributed by atoms with Crippen molar-refractivity contribution in [2.24, 2.45) is 0 Å². The van der Waals surface area contributed by atoms with Crippen LogP contribution in [0.4, 0.5) is 5.69 Å².